The maximum Gasteiger partial charge on any atom is 0.358 e. The highest BCUT2D eigenvalue weighted by molar-refractivity contribution is 5.92. The fourth-order valence-corrected chi connectivity index (χ4v) is 1.82. The highest BCUT2D eigenvalue weighted by atomic mass is 16.5. The number of esters is 1. The third-order valence-corrected chi connectivity index (χ3v) is 2.63. The number of carbonyl (C=O) groups excluding carboxylic acids is 1. The molecule has 0 amide bonds. The van der Waals surface area contributed by atoms with Gasteiger partial charge in [0.1, 0.15) is 0 Å². The van der Waals surface area contributed by atoms with E-state index in [-0.39, 0.29) is 11.9 Å². The van der Waals surface area contributed by atoms with E-state index in [2.05, 4.69) is 9.84 Å². The highest BCUT2D eigenvalue weighted by Crippen LogP contribution is 2.25. The monoisotopic (exact) mass is 225 g/mol. The van der Waals surface area contributed by atoms with Gasteiger partial charge in [-0.3, -0.25) is 0 Å². The van der Waals surface area contributed by atoms with Gasteiger partial charge in [0.2, 0.25) is 0 Å². The molecule has 1 fully saturated rings. The largest absolute Gasteiger partial charge is 0.464 e. The molecule has 0 spiro atoms. The lowest BCUT2D eigenvalue weighted by molar-refractivity contribution is -0.0414. The Bertz CT molecular complexity index is 383. The third-order valence-electron chi connectivity index (χ3n) is 2.63. The molecule has 0 aromatic carbocycles. The van der Waals surface area contributed by atoms with Gasteiger partial charge < -0.3 is 15.2 Å². The van der Waals surface area contributed by atoms with E-state index in [0.29, 0.717) is 12.3 Å². The lowest BCUT2D eigenvalue weighted by Gasteiger charge is -2.23. The molecule has 0 saturated carbocycles. The molecule has 1 aromatic heterocycles. The zero-order valence-corrected chi connectivity index (χ0v) is 9.18. The Balaban J connectivity index is 2.29. The van der Waals surface area contributed by atoms with Crippen LogP contribution in [0.4, 0.5) is 5.69 Å². The Morgan fingerprint density at radius 1 is 1.69 bits per heavy atom. The van der Waals surface area contributed by atoms with Crippen LogP contribution in [0.1, 0.15) is 36.0 Å². The van der Waals surface area contributed by atoms with Gasteiger partial charge in [-0.15, -0.1) is 0 Å². The second-order valence-electron chi connectivity index (χ2n) is 3.71. The van der Waals surface area contributed by atoms with Crippen LogP contribution < -0.4 is 5.73 Å². The molecule has 88 valence electrons. The Morgan fingerprint density at radius 2 is 2.50 bits per heavy atom. The van der Waals surface area contributed by atoms with Crippen molar-refractivity contribution in [3.05, 3.63) is 11.9 Å². The van der Waals surface area contributed by atoms with Crippen molar-refractivity contribution in [3.8, 4) is 0 Å². The quantitative estimate of drug-likeness (QED) is 0.758. The van der Waals surface area contributed by atoms with Gasteiger partial charge in [-0.05, 0) is 19.3 Å². The second-order valence-corrected chi connectivity index (χ2v) is 3.71. The summed E-state index contributed by atoms with van der Waals surface area (Å²) in [5, 5.41) is 4.07. The summed E-state index contributed by atoms with van der Waals surface area (Å²) >= 11 is 0. The molecule has 16 heavy (non-hydrogen) atoms. The Morgan fingerprint density at radius 3 is 3.12 bits per heavy atom. The van der Waals surface area contributed by atoms with E-state index in [0.717, 1.165) is 19.3 Å². The molecular formula is C10H15N3O3. The van der Waals surface area contributed by atoms with Crippen molar-refractivity contribution in [3.63, 3.8) is 0 Å². The Kier molecular flexibility index (Phi) is 3.09. The van der Waals surface area contributed by atoms with Gasteiger partial charge in [0.25, 0.3) is 0 Å². The third kappa shape index (κ3) is 1.88. The van der Waals surface area contributed by atoms with Gasteiger partial charge in [0, 0.05) is 6.61 Å². The first-order valence-electron chi connectivity index (χ1n) is 5.27. The second kappa shape index (κ2) is 4.52. The van der Waals surface area contributed by atoms with Crippen molar-refractivity contribution < 1.29 is 14.3 Å². The molecule has 1 aliphatic rings. The molecule has 2 rings (SSSR count). The molecule has 1 aliphatic heterocycles. The van der Waals surface area contributed by atoms with Crippen LogP contribution in [0.25, 0.3) is 0 Å². The number of hydrogen-bond acceptors (Lipinski definition) is 5. The zero-order valence-electron chi connectivity index (χ0n) is 9.18. The summed E-state index contributed by atoms with van der Waals surface area (Å²) in [7, 11) is 1.32. The standard InChI is InChI=1S/C10H15N3O3/c1-15-10(14)9-7(11)6-12-13(9)8-4-2-3-5-16-8/h6,8H,2-5,11H2,1H3. The van der Waals surface area contributed by atoms with Crippen LogP contribution in [-0.4, -0.2) is 29.5 Å². The molecule has 1 saturated heterocycles. The number of anilines is 1. The predicted molar refractivity (Wildman–Crippen MR) is 56.8 cm³/mol. The SMILES string of the molecule is COC(=O)c1c(N)cnn1C1CCCCO1. The summed E-state index contributed by atoms with van der Waals surface area (Å²) in [4.78, 5) is 11.5. The van der Waals surface area contributed by atoms with Crippen molar-refractivity contribution in [1.29, 1.82) is 0 Å². The number of rotatable bonds is 2. The molecule has 2 heterocycles. The molecule has 6 nitrogen and oxygen atoms in total. The van der Waals surface area contributed by atoms with Crippen LogP contribution >= 0.6 is 0 Å². The minimum absolute atomic E-state index is 0.208. The van der Waals surface area contributed by atoms with Crippen molar-refractivity contribution >= 4 is 11.7 Å². The molecule has 1 unspecified atom stereocenters. The first-order valence-corrected chi connectivity index (χ1v) is 5.27. The predicted octanol–water partition coefficient (Wildman–Crippen LogP) is 0.951. The molecule has 0 radical (unpaired) electrons. The van der Waals surface area contributed by atoms with Crippen LogP contribution in [-0.2, 0) is 9.47 Å². The Labute approximate surface area is 93.3 Å². The average Bonchev–Trinajstić information content (AvgIpc) is 2.71. The van der Waals surface area contributed by atoms with Crippen LogP contribution in [0.5, 0.6) is 0 Å². The van der Waals surface area contributed by atoms with Gasteiger partial charge >= 0.3 is 5.97 Å². The van der Waals surface area contributed by atoms with Crippen molar-refractivity contribution in [2.24, 2.45) is 0 Å². The van der Waals surface area contributed by atoms with Crippen molar-refractivity contribution in [2.75, 3.05) is 19.5 Å². The number of methoxy groups -OCH3 is 1. The summed E-state index contributed by atoms with van der Waals surface area (Å²) in [6.45, 7) is 0.686. The van der Waals surface area contributed by atoms with E-state index in [1.807, 2.05) is 0 Å². The zero-order chi connectivity index (χ0) is 11.5. The van der Waals surface area contributed by atoms with Crippen molar-refractivity contribution in [1.82, 2.24) is 9.78 Å². The van der Waals surface area contributed by atoms with E-state index in [9.17, 15) is 4.79 Å². The summed E-state index contributed by atoms with van der Waals surface area (Å²) in [6, 6.07) is 0. The molecule has 0 aliphatic carbocycles. The summed E-state index contributed by atoms with van der Waals surface area (Å²) in [6.07, 6.45) is 4.18. The van der Waals surface area contributed by atoms with E-state index >= 15 is 0 Å². The van der Waals surface area contributed by atoms with Crippen LogP contribution in [0.3, 0.4) is 0 Å². The van der Waals surface area contributed by atoms with E-state index in [4.69, 9.17) is 10.5 Å². The van der Waals surface area contributed by atoms with Gasteiger partial charge in [0.05, 0.1) is 19.0 Å². The van der Waals surface area contributed by atoms with E-state index in [1.54, 1.807) is 0 Å². The smallest absolute Gasteiger partial charge is 0.358 e. The topological polar surface area (TPSA) is 79.4 Å². The molecule has 1 aromatic rings. The molecule has 1 atom stereocenters. The Hall–Kier alpha value is -1.56. The van der Waals surface area contributed by atoms with Crippen LogP contribution in [0, 0.1) is 0 Å². The minimum atomic E-state index is -0.482. The average molecular weight is 225 g/mol. The van der Waals surface area contributed by atoms with Gasteiger partial charge in [0.15, 0.2) is 11.9 Å². The molecule has 2 N–H and O–H groups in total. The summed E-state index contributed by atoms with van der Waals surface area (Å²) < 4.78 is 11.7. The lowest BCUT2D eigenvalue weighted by atomic mass is 10.2. The van der Waals surface area contributed by atoms with Crippen LogP contribution in [0.15, 0.2) is 6.20 Å². The van der Waals surface area contributed by atoms with Gasteiger partial charge in [-0.1, -0.05) is 0 Å². The van der Waals surface area contributed by atoms with Gasteiger partial charge in [-0.2, -0.15) is 5.10 Å². The minimum Gasteiger partial charge on any atom is -0.464 e. The maximum absolute atomic E-state index is 11.5. The maximum atomic E-state index is 11.5. The van der Waals surface area contributed by atoms with E-state index < -0.39 is 5.97 Å². The number of carbonyl (C=O) groups is 1. The number of nitrogens with zero attached hydrogens (tertiary/aromatic N) is 2. The number of nitrogen functional groups attached to an aromatic ring is 1. The molecule has 0 bridgehead atoms. The summed E-state index contributed by atoms with van der Waals surface area (Å²) in [5.41, 5.74) is 6.28. The fourth-order valence-electron chi connectivity index (χ4n) is 1.82. The highest BCUT2D eigenvalue weighted by Gasteiger charge is 2.25. The molecule has 6 heteroatoms. The first kappa shape index (κ1) is 10.9. The van der Waals surface area contributed by atoms with Gasteiger partial charge in [-0.25, -0.2) is 9.48 Å². The number of nitrogens with two attached hydrogens (primary N) is 1. The number of ether oxygens (including phenoxy) is 2. The lowest BCUT2D eigenvalue weighted by Crippen LogP contribution is -2.23. The normalized spacial score (nSPS) is 20.7. The fraction of sp³-hybridized carbons (Fsp3) is 0.600. The number of hydrogen-bond donors (Lipinski definition) is 1. The van der Waals surface area contributed by atoms with Crippen LogP contribution in [0.2, 0.25) is 0 Å². The van der Waals surface area contributed by atoms with Crippen molar-refractivity contribution in [2.45, 2.75) is 25.5 Å². The summed E-state index contributed by atoms with van der Waals surface area (Å²) in [5.74, 6) is -0.482. The number of aromatic nitrogens is 2. The first-order chi connectivity index (χ1) is 7.74. The molecular weight excluding hydrogens is 210 g/mol. The van der Waals surface area contributed by atoms with E-state index in [1.165, 1.54) is 18.0 Å².